The fourth-order valence-corrected chi connectivity index (χ4v) is 2.74. The summed E-state index contributed by atoms with van der Waals surface area (Å²) in [5, 5.41) is 3.96. The van der Waals surface area contributed by atoms with E-state index in [0.717, 1.165) is 24.8 Å². The van der Waals surface area contributed by atoms with Crippen LogP contribution in [0.5, 0.6) is 5.75 Å². The molecule has 2 rings (SSSR count). The summed E-state index contributed by atoms with van der Waals surface area (Å²) >= 11 is 6.05. The highest BCUT2D eigenvalue weighted by Gasteiger charge is 2.18. The van der Waals surface area contributed by atoms with Crippen molar-refractivity contribution in [1.29, 1.82) is 0 Å². The van der Waals surface area contributed by atoms with Crippen molar-refractivity contribution < 1.29 is 4.74 Å². The minimum atomic E-state index is 0.690. The Hall–Kier alpha value is -0.770. The van der Waals surface area contributed by atoms with Crippen LogP contribution in [0.1, 0.15) is 12.8 Å². The predicted octanol–water partition coefficient (Wildman–Crippen LogP) is 2.65. The number of rotatable bonds is 6. The van der Waals surface area contributed by atoms with Crippen LogP contribution < -0.4 is 10.1 Å². The summed E-state index contributed by atoms with van der Waals surface area (Å²) < 4.78 is 5.73. The third kappa shape index (κ3) is 4.68. The molecule has 0 radical (unpaired) electrons. The molecule has 0 atom stereocenters. The van der Waals surface area contributed by atoms with Crippen LogP contribution in [0.2, 0.25) is 5.02 Å². The lowest BCUT2D eigenvalue weighted by Gasteiger charge is -2.31. The highest BCUT2D eigenvalue weighted by molar-refractivity contribution is 6.32. The monoisotopic (exact) mass is 282 g/mol. The van der Waals surface area contributed by atoms with Gasteiger partial charge in [0.05, 0.1) is 5.02 Å². The van der Waals surface area contributed by atoms with Crippen LogP contribution in [0.4, 0.5) is 0 Å². The van der Waals surface area contributed by atoms with Crippen molar-refractivity contribution in [2.24, 2.45) is 5.92 Å². The highest BCUT2D eigenvalue weighted by Crippen LogP contribution is 2.23. The Labute approximate surface area is 120 Å². The molecule has 0 saturated carbocycles. The first kappa shape index (κ1) is 14.6. The minimum Gasteiger partial charge on any atom is -0.491 e. The zero-order valence-electron chi connectivity index (χ0n) is 11.6. The molecule has 1 saturated heterocycles. The Morgan fingerprint density at radius 2 is 2.05 bits per heavy atom. The average molecular weight is 283 g/mol. The van der Waals surface area contributed by atoms with Crippen LogP contribution in [-0.2, 0) is 0 Å². The molecule has 1 aliphatic rings. The summed E-state index contributed by atoms with van der Waals surface area (Å²) in [5.41, 5.74) is 0. The fourth-order valence-electron chi connectivity index (χ4n) is 2.55. The molecule has 106 valence electrons. The van der Waals surface area contributed by atoms with Gasteiger partial charge in [0.2, 0.25) is 0 Å². The van der Waals surface area contributed by atoms with Gasteiger partial charge in [-0.2, -0.15) is 0 Å². The standard InChI is InChI=1S/C15H23ClN2O/c1-17-12-13-6-8-18(9-7-13)10-11-19-15-5-3-2-4-14(15)16/h2-5,13,17H,6-12H2,1H3. The Bertz CT molecular complexity index is 378. The molecule has 0 aromatic heterocycles. The number of likely N-dealkylation sites (tertiary alicyclic amines) is 1. The summed E-state index contributed by atoms with van der Waals surface area (Å²) in [5.74, 6) is 1.62. The van der Waals surface area contributed by atoms with Crippen molar-refractivity contribution in [3.63, 3.8) is 0 Å². The van der Waals surface area contributed by atoms with E-state index in [-0.39, 0.29) is 0 Å². The van der Waals surface area contributed by atoms with Gasteiger partial charge in [0.15, 0.2) is 0 Å². The van der Waals surface area contributed by atoms with Gasteiger partial charge in [0.1, 0.15) is 12.4 Å². The largest absolute Gasteiger partial charge is 0.491 e. The summed E-state index contributed by atoms with van der Waals surface area (Å²) in [4.78, 5) is 2.48. The number of benzene rings is 1. The van der Waals surface area contributed by atoms with Crippen molar-refractivity contribution in [2.75, 3.05) is 39.8 Å². The van der Waals surface area contributed by atoms with Gasteiger partial charge in [-0.25, -0.2) is 0 Å². The number of hydrogen-bond donors (Lipinski definition) is 1. The third-order valence-corrected chi connectivity index (χ3v) is 4.01. The van der Waals surface area contributed by atoms with Crippen LogP contribution >= 0.6 is 11.6 Å². The lowest BCUT2D eigenvalue weighted by atomic mass is 9.97. The second-order valence-electron chi connectivity index (χ2n) is 5.12. The number of para-hydroxylation sites is 1. The summed E-state index contributed by atoms with van der Waals surface area (Å²) in [6, 6.07) is 7.65. The van der Waals surface area contributed by atoms with Gasteiger partial charge in [-0.05, 0) is 57.6 Å². The first-order chi connectivity index (χ1) is 9.29. The van der Waals surface area contributed by atoms with Crippen LogP contribution in [0.15, 0.2) is 24.3 Å². The molecule has 0 unspecified atom stereocenters. The average Bonchev–Trinajstić information content (AvgIpc) is 2.43. The number of hydrogen-bond acceptors (Lipinski definition) is 3. The molecular formula is C15H23ClN2O. The summed E-state index contributed by atoms with van der Waals surface area (Å²) in [6.45, 7) is 5.19. The first-order valence-electron chi connectivity index (χ1n) is 7.04. The first-order valence-corrected chi connectivity index (χ1v) is 7.41. The quantitative estimate of drug-likeness (QED) is 0.868. The molecule has 19 heavy (non-hydrogen) atoms. The van der Waals surface area contributed by atoms with E-state index >= 15 is 0 Å². The molecular weight excluding hydrogens is 260 g/mol. The van der Waals surface area contributed by atoms with Gasteiger partial charge >= 0.3 is 0 Å². The van der Waals surface area contributed by atoms with Crippen LogP contribution in [0.3, 0.4) is 0 Å². The highest BCUT2D eigenvalue weighted by atomic mass is 35.5. The zero-order valence-corrected chi connectivity index (χ0v) is 12.3. The number of nitrogens with one attached hydrogen (secondary N) is 1. The lowest BCUT2D eigenvalue weighted by Crippen LogP contribution is -2.38. The molecule has 0 bridgehead atoms. The maximum atomic E-state index is 6.05. The molecule has 1 heterocycles. The van der Waals surface area contributed by atoms with Gasteiger partial charge < -0.3 is 10.1 Å². The maximum absolute atomic E-state index is 6.05. The topological polar surface area (TPSA) is 24.5 Å². The normalized spacial score (nSPS) is 17.6. The Balaban J connectivity index is 1.66. The Morgan fingerprint density at radius 3 is 2.74 bits per heavy atom. The van der Waals surface area contributed by atoms with E-state index in [1.54, 1.807) is 0 Å². The second-order valence-corrected chi connectivity index (χ2v) is 5.53. The molecule has 1 aromatic rings. The molecule has 1 fully saturated rings. The molecule has 0 aliphatic carbocycles. The zero-order chi connectivity index (χ0) is 13.5. The second kappa shape index (κ2) is 7.73. The van der Waals surface area contributed by atoms with Gasteiger partial charge in [0.25, 0.3) is 0 Å². The van der Waals surface area contributed by atoms with E-state index in [1.165, 1.54) is 25.9 Å². The van der Waals surface area contributed by atoms with Crippen molar-refractivity contribution in [1.82, 2.24) is 10.2 Å². The van der Waals surface area contributed by atoms with Crippen LogP contribution in [0, 0.1) is 5.92 Å². The third-order valence-electron chi connectivity index (χ3n) is 3.70. The van der Waals surface area contributed by atoms with E-state index < -0.39 is 0 Å². The maximum Gasteiger partial charge on any atom is 0.137 e. The van der Waals surface area contributed by atoms with Crippen molar-refractivity contribution in [3.05, 3.63) is 29.3 Å². The van der Waals surface area contributed by atoms with Crippen LogP contribution in [-0.4, -0.2) is 44.7 Å². The molecule has 1 aromatic carbocycles. The van der Waals surface area contributed by atoms with Crippen LogP contribution in [0.25, 0.3) is 0 Å². The van der Waals surface area contributed by atoms with Crippen molar-refractivity contribution in [3.8, 4) is 5.75 Å². The molecule has 4 heteroatoms. The number of piperidine rings is 1. The van der Waals surface area contributed by atoms with E-state index in [9.17, 15) is 0 Å². The van der Waals surface area contributed by atoms with E-state index in [4.69, 9.17) is 16.3 Å². The lowest BCUT2D eigenvalue weighted by molar-refractivity contribution is 0.155. The van der Waals surface area contributed by atoms with Crippen molar-refractivity contribution in [2.45, 2.75) is 12.8 Å². The van der Waals surface area contributed by atoms with Gasteiger partial charge in [-0.3, -0.25) is 4.90 Å². The van der Waals surface area contributed by atoms with Gasteiger partial charge in [-0.1, -0.05) is 23.7 Å². The molecule has 1 N–H and O–H groups in total. The van der Waals surface area contributed by atoms with Gasteiger partial charge in [-0.15, -0.1) is 0 Å². The van der Waals surface area contributed by atoms with E-state index in [2.05, 4.69) is 10.2 Å². The minimum absolute atomic E-state index is 0.690. The fraction of sp³-hybridized carbons (Fsp3) is 0.600. The molecule has 0 spiro atoms. The predicted molar refractivity (Wildman–Crippen MR) is 80.0 cm³/mol. The van der Waals surface area contributed by atoms with Crippen molar-refractivity contribution >= 4 is 11.6 Å². The number of ether oxygens (including phenoxy) is 1. The molecule has 3 nitrogen and oxygen atoms in total. The summed E-state index contributed by atoms with van der Waals surface area (Å²) in [7, 11) is 2.03. The number of halogens is 1. The van der Waals surface area contributed by atoms with E-state index in [0.29, 0.717) is 11.6 Å². The molecule has 1 aliphatic heterocycles. The van der Waals surface area contributed by atoms with Gasteiger partial charge in [0, 0.05) is 6.54 Å². The smallest absolute Gasteiger partial charge is 0.137 e. The molecule has 0 amide bonds. The Morgan fingerprint density at radius 1 is 1.32 bits per heavy atom. The SMILES string of the molecule is CNCC1CCN(CCOc2ccccc2Cl)CC1. The van der Waals surface area contributed by atoms with E-state index in [1.807, 2.05) is 31.3 Å². The summed E-state index contributed by atoms with van der Waals surface area (Å²) in [6.07, 6.45) is 2.57. The number of nitrogens with zero attached hydrogens (tertiary/aromatic N) is 1. The Kier molecular flexibility index (Phi) is 5.95.